The minimum Gasteiger partial charge on any atom is -0.493 e. The molecule has 1 amide bonds. The van der Waals surface area contributed by atoms with Gasteiger partial charge in [0.05, 0.1) is 26.3 Å². The van der Waals surface area contributed by atoms with Crippen LogP contribution >= 0.6 is 0 Å². The molecular weight excluding hydrogens is 364 g/mol. The van der Waals surface area contributed by atoms with Crippen LogP contribution in [-0.4, -0.2) is 26.2 Å². The first-order chi connectivity index (χ1) is 14.1. The highest BCUT2D eigenvalue weighted by molar-refractivity contribution is 5.94. The molecule has 0 aromatic heterocycles. The van der Waals surface area contributed by atoms with Gasteiger partial charge in [-0.2, -0.15) is 0 Å². The van der Waals surface area contributed by atoms with Crippen molar-refractivity contribution in [3.63, 3.8) is 0 Å². The van der Waals surface area contributed by atoms with Crippen LogP contribution in [0.4, 0.5) is 5.69 Å². The van der Waals surface area contributed by atoms with Gasteiger partial charge in [-0.3, -0.25) is 10.1 Å². The second kappa shape index (κ2) is 9.75. The molecule has 0 bridgehead atoms. The van der Waals surface area contributed by atoms with Crippen molar-refractivity contribution in [2.24, 2.45) is 0 Å². The van der Waals surface area contributed by atoms with Crippen molar-refractivity contribution in [1.29, 1.82) is 0 Å². The lowest BCUT2D eigenvalue weighted by Gasteiger charge is -2.24. The van der Waals surface area contributed by atoms with E-state index < -0.39 is 6.04 Å². The van der Waals surface area contributed by atoms with Crippen molar-refractivity contribution in [2.75, 3.05) is 19.5 Å². The Morgan fingerprint density at radius 2 is 1.34 bits per heavy atom. The topological polar surface area (TPSA) is 59.6 Å². The van der Waals surface area contributed by atoms with Crippen molar-refractivity contribution >= 4 is 11.6 Å². The number of ether oxygens (including phenoxy) is 2. The van der Waals surface area contributed by atoms with Crippen LogP contribution in [0.25, 0.3) is 0 Å². The summed E-state index contributed by atoms with van der Waals surface area (Å²) in [6.45, 7) is 1.86. The number of rotatable bonds is 8. The summed E-state index contributed by atoms with van der Waals surface area (Å²) >= 11 is 0. The number of hydrogen-bond donors (Lipinski definition) is 2. The number of carbonyl (C=O) groups excluding carboxylic acids is 1. The minimum atomic E-state index is -0.423. The van der Waals surface area contributed by atoms with E-state index in [4.69, 9.17) is 9.47 Å². The zero-order valence-corrected chi connectivity index (χ0v) is 16.9. The summed E-state index contributed by atoms with van der Waals surface area (Å²) in [5.41, 5.74) is 2.85. The molecule has 0 saturated carbocycles. The number of benzene rings is 3. The second-order valence-corrected chi connectivity index (χ2v) is 6.70. The third kappa shape index (κ3) is 5.15. The van der Waals surface area contributed by atoms with Crippen LogP contribution in [0.2, 0.25) is 0 Å². The second-order valence-electron chi connectivity index (χ2n) is 6.70. The number of methoxy groups -OCH3 is 2. The Morgan fingerprint density at radius 1 is 0.793 bits per heavy atom. The maximum absolute atomic E-state index is 12.8. The molecule has 2 N–H and O–H groups in total. The van der Waals surface area contributed by atoms with Crippen LogP contribution in [0, 0.1) is 0 Å². The molecule has 0 aliphatic rings. The molecule has 0 heterocycles. The molecule has 0 radical (unpaired) electrons. The van der Waals surface area contributed by atoms with Crippen molar-refractivity contribution in [3.8, 4) is 11.5 Å². The predicted molar refractivity (Wildman–Crippen MR) is 116 cm³/mol. The third-order valence-electron chi connectivity index (χ3n) is 4.73. The monoisotopic (exact) mass is 390 g/mol. The van der Waals surface area contributed by atoms with E-state index in [0.29, 0.717) is 17.2 Å². The van der Waals surface area contributed by atoms with Gasteiger partial charge in [0.2, 0.25) is 5.91 Å². The molecule has 3 rings (SSSR count). The lowest BCUT2D eigenvalue weighted by Crippen LogP contribution is -2.40. The Bertz CT molecular complexity index is 890. The maximum Gasteiger partial charge on any atom is 0.241 e. The molecule has 3 aromatic rings. The van der Waals surface area contributed by atoms with Gasteiger partial charge in [-0.25, -0.2) is 0 Å². The fourth-order valence-electron chi connectivity index (χ4n) is 3.17. The fraction of sp³-hybridized carbons (Fsp3) is 0.208. The average molecular weight is 390 g/mol. The highest BCUT2D eigenvalue weighted by atomic mass is 16.5. The zero-order valence-electron chi connectivity index (χ0n) is 16.9. The third-order valence-corrected chi connectivity index (χ3v) is 4.73. The number of hydrogen-bond acceptors (Lipinski definition) is 4. The molecule has 0 unspecified atom stereocenters. The van der Waals surface area contributed by atoms with E-state index in [2.05, 4.69) is 34.9 Å². The van der Waals surface area contributed by atoms with Crippen LogP contribution < -0.4 is 20.1 Å². The van der Waals surface area contributed by atoms with Gasteiger partial charge in [-0.1, -0.05) is 60.7 Å². The Kier molecular flexibility index (Phi) is 6.87. The summed E-state index contributed by atoms with van der Waals surface area (Å²) in [4.78, 5) is 12.8. The average Bonchev–Trinajstić information content (AvgIpc) is 2.78. The highest BCUT2D eigenvalue weighted by Crippen LogP contribution is 2.30. The Balaban J connectivity index is 1.76. The van der Waals surface area contributed by atoms with Crippen molar-refractivity contribution in [2.45, 2.75) is 19.0 Å². The summed E-state index contributed by atoms with van der Waals surface area (Å²) in [5, 5.41) is 6.39. The molecule has 29 heavy (non-hydrogen) atoms. The first-order valence-electron chi connectivity index (χ1n) is 9.51. The van der Waals surface area contributed by atoms with Gasteiger partial charge in [0.1, 0.15) is 0 Å². The molecule has 3 aromatic carbocycles. The fourth-order valence-corrected chi connectivity index (χ4v) is 3.17. The van der Waals surface area contributed by atoms with Gasteiger partial charge < -0.3 is 14.8 Å². The first kappa shape index (κ1) is 20.4. The quantitative estimate of drug-likeness (QED) is 0.598. The van der Waals surface area contributed by atoms with Crippen LogP contribution in [0.15, 0.2) is 78.9 Å². The van der Waals surface area contributed by atoms with Crippen LogP contribution in [0.5, 0.6) is 11.5 Å². The molecule has 5 heteroatoms. The number of nitrogens with one attached hydrogen (secondary N) is 2. The summed E-state index contributed by atoms with van der Waals surface area (Å²) in [7, 11) is 3.15. The molecule has 1 atom stereocenters. The van der Waals surface area contributed by atoms with E-state index >= 15 is 0 Å². The number of anilines is 1. The van der Waals surface area contributed by atoms with E-state index in [1.54, 1.807) is 32.4 Å². The van der Waals surface area contributed by atoms with Gasteiger partial charge >= 0.3 is 0 Å². The Labute approximate surface area is 171 Å². The summed E-state index contributed by atoms with van der Waals surface area (Å²) in [5.74, 6) is 1.05. The van der Waals surface area contributed by atoms with Gasteiger partial charge in [0, 0.05) is 11.8 Å². The largest absolute Gasteiger partial charge is 0.493 e. The van der Waals surface area contributed by atoms with Gasteiger partial charge in [-0.05, 0) is 30.2 Å². The molecule has 0 fully saturated rings. The smallest absolute Gasteiger partial charge is 0.241 e. The SMILES string of the molecule is COc1ccc(NC(=O)[C@H](C)NC(c2ccccc2)c2ccccc2)cc1OC. The summed E-state index contributed by atoms with van der Waals surface area (Å²) in [6, 6.07) is 25.0. The molecule has 0 aliphatic carbocycles. The van der Waals surface area contributed by atoms with Crippen LogP contribution in [0.3, 0.4) is 0 Å². The van der Waals surface area contributed by atoms with E-state index in [-0.39, 0.29) is 11.9 Å². The van der Waals surface area contributed by atoms with E-state index in [9.17, 15) is 4.79 Å². The molecular formula is C24H26N2O3. The lowest BCUT2D eigenvalue weighted by molar-refractivity contribution is -0.117. The standard InChI is InChI=1S/C24H26N2O3/c1-17(24(27)26-20-14-15-21(28-2)22(16-20)29-3)25-23(18-10-6-4-7-11-18)19-12-8-5-9-13-19/h4-17,23,25H,1-3H3,(H,26,27)/t17-/m0/s1. The normalized spacial score (nSPS) is 11.7. The zero-order chi connectivity index (χ0) is 20.6. The molecule has 0 saturated heterocycles. The minimum absolute atomic E-state index is 0.0939. The van der Waals surface area contributed by atoms with Crippen molar-refractivity contribution in [1.82, 2.24) is 5.32 Å². The molecule has 0 spiro atoms. The van der Waals surface area contributed by atoms with Crippen molar-refractivity contribution < 1.29 is 14.3 Å². The van der Waals surface area contributed by atoms with Crippen LogP contribution in [-0.2, 0) is 4.79 Å². The highest BCUT2D eigenvalue weighted by Gasteiger charge is 2.21. The summed E-state index contributed by atoms with van der Waals surface area (Å²) < 4.78 is 10.6. The van der Waals surface area contributed by atoms with Crippen molar-refractivity contribution in [3.05, 3.63) is 90.0 Å². The Hall–Kier alpha value is -3.31. The molecule has 0 aliphatic heterocycles. The molecule has 5 nitrogen and oxygen atoms in total. The first-order valence-corrected chi connectivity index (χ1v) is 9.51. The summed E-state index contributed by atoms with van der Waals surface area (Å²) in [6.07, 6.45) is 0. The van der Waals surface area contributed by atoms with E-state index in [1.807, 2.05) is 43.3 Å². The van der Waals surface area contributed by atoms with Crippen LogP contribution in [0.1, 0.15) is 24.1 Å². The van der Waals surface area contributed by atoms with Gasteiger partial charge in [0.15, 0.2) is 11.5 Å². The van der Waals surface area contributed by atoms with E-state index in [0.717, 1.165) is 11.1 Å². The predicted octanol–water partition coefficient (Wildman–Crippen LogP) is 4.41. The number of carbonyl (C=O) groups is 1. The maximum atomic E-state index is 12.8. The Morgan fingerprint density at radius 3 is 1.86 bits per heavy atom. The van der Waals surface area contributed by atoms with E-state index in [1.165, 1.54) is 0 Å². The number of amides is 1. The lowest BCUT2D eigenvalue weighted by atomic mass is 9.98. The van der Waals surface area contributed by atoms with Gasteiger partial charge in [0.25, 0.3) is 0 Å². The van der Waals surface area contributed by atoms with Gasteiger partial charge in [-0.15, -0.1) is 0 Å². The molecule has 150 valence electrons.